The predicted molar refractivity (Wildman–Crippen MR) is 78.2 cm³/mol. The second-order valence-electron chi connectivity index (χ2n) is 5.06. The number of rotatable bonds is 14. The second kappa shape index (κ2) is 15.2. The summed E-state index contributed by atoms with van der Waals surface area (Å²) in [4.78, 5) is 10.3. The summed E-state index contributed by atoms with van der Waals surface area (Å²) in [6, 6.07) is 0. The van der Waals surface area contributed by atoms with Crippen LogP contribution in [0.3, 0.4) is 0 Å². The third kappa shape index (κ3) is 17.1. The van der Waals surface area contributed by atoms with Crippen LogP contribution in [-0.4, -0.2) is 17.8 Å². The van der Waals surface area contributed by atoms with Gasteiger partial charge in [-0.1, -0.05) is 44.3 Å². The van der Waals surface area contributed by atoms with Crippen LogP contribution in [0.4, 0.5) is 4.39 Å². The molecular formula is C16H29FO2. The number of allylic oxidation sites excluding steroid dienone is 2. The number of carboxylic acid groups (broad SMARTS) is 1. The van der Waals surface area contributed by atoms with Crippen molar-refractivity contribution >= 4 is 5.97 Å². The highest BCUT2D eigenvalue weighted by Gasteiger charge is 1.95. The molecule has 0 aliphatic rings. The number of aliphatic carboxylic acids is 1. The molecule has 0 aliphatic heterocycles. The SMILES string of the molecule is O=C(O)CCCCC/C=C\CCCCCCCCF. The Kier molecular flexibility index (Phi) is 14.5. The fourth-order valence-electron chi connectivity index (χ4n) is 2.01. The molecule has 3 heteroatoms. The van der Waals surface area contributed by atoms with E-state index in [4.69, 9.17) is 5.11 Å². The first-order valence-corrected chi connectivity index (χ1v) is 7.70. The molecule has 0 radical (unpaired) electrons. The normalized spacial score (nSPS) is 11.2. The lowest BCUT2D eigenvalue weighted by Crippen LogP contribution is -1.93. The van der Waals surface area contributed by atoms with Crippen LogP contribution >= 0.6 is 0 Å². The van der Waals surface area contributed by atoms with E-state index in [1.165, 1.54) is 19.3 Å². The first-order valence-electron chi connectivity index (χ1n) is 7.70. The smallest absolute Gasteiger partial charge is 0.303 e. The molecule has 112 valence electrons. The Morgan fingerprint density at radius 3 is 1.79 bits per heavy atom. The maximum absolute atomic E-state index is 11.8. The van der Waals surface area contributed by atoms with E-state index in [2.05, 4.69) is 12.2 Å². The fraction of sp³-hybridized carbons (Fsp3) is 0.812. The second-order valence-corrected chi connectivity index (χ2v) is 5.06. The summed E-state index contributed by atoms with van der Waals surface area (Å²) in [6.07, 6.45) is 16.5. The molecule has 19 heavy (non-hydrogen) atoms. The summed E-state index contributed by atoms with van der Waals surface area (Å²) in [5, 5.41) is 8.47. The van der Waals surface area contributed by atoms with E-state index in [9.17, 15) is 9.18 Å². The van der Waals surface area contributed by atoms with Crippen LogP contribution in [0.1, 0.15) is 77.0 Å². The zero-order valence-electron chi connectivity index (χ0n) is 12.1. The average molecular weight is 272 g/mol. The van der Waals surface area contributed by atoms with Gasteiger partial charge >= 0.3 is 5.97 Å². The standard InChI is InChI=1S/C16H29FO2/c17-15-13-11-9-7-5-3-1-2-4-6-8-10-12-14-16(18)19/h2,4H,1,3,5-15H2,(H,18,19)/b4-2-. The number of halogens is 1. The van der Waals surface area contributed by atoms with Gasteiger partial charge in [0, 0.05) is 6.42 Å². The molecule has 0 rings (SSSR count). The van der Waals surface area contributed by atoms with Gasteiger partial charge in [0.2, 0.25) is 0 Å². The molecule has 0 unspecified atom stereocenters. The number of alkyl halides is 1. The summed E-state index contributed by atoms with van der Waals surface area (Å²) in [6.45, 7) is -0.171. The third-order valence-electron chi connectivity index (χ3n) is 3.18. The molecule has 0 saturated heterocycles. The molecule has 2 nitrogen and oxygen atoms in total. The van der Waals surface area contributed by atoms with E-state index < -0.39 is 5.97 Å². The van der Waals surface area contributed by atoms with Gasteiger partial charge in [-0.15, -0.1) is 0 Å². The highest BCUT2D eigenvalue weighted by atomic mass is 19.1. The number of carbonyl (C=O) groups is 1. The minimum atomic E-state index is -0.693. The Bertz CT molecular complexity index is 227. The summed E-state index contributed by atoms with van der Waals surface area (Å²) in [5.74, 6) is -0.693. The van der Waals surface area contributed by atoms with Crippen molar-refractivity contribution in [3.63, 3.8) is 0 Å². The Morgan fingerprint density at radius 1 is 0.789 bits per heavy atom. The lowest BCUT2D eigenvalue weighted by Gasteiger charge is -1.98. The van der Waals surface area contributed by atoms with Gasteiger partial charge in [-0.25, -0.2) is 0 Å². The molecule has 0 saturated carbocycles. The minimum absolute atomic E-state index is 0.171. The highest BCUT2D eigenvalue weighted by Crippen LogP contribution is 2.08. The monoisotopic (exact) mass is 272 g/mol. The molecule has 0 amide bonds. The van der Waals surface area contributed by atoms with Crippen LogP contribution in [-0.2, 0) is 4.79 Å². The van der Waals surface area contributed by atoms with Crippen LogP contribution in [0.5, 0.6) is 0 Å². The van der Waals surface area contributed by atoms with Gasteiger partial charge in [0.25, 0.3) is 0 Å². The van der Waals surface area contributed by atoms with Gasteiger partial charge in [0.15, 0.2) is 0 Å². The van der Waals surface area contributed by atoms with Crippen molar-refractivity contribution in [2.24, 2.45) is 0 Å². The van der Waals surface area contributed by atoms with Gasteiger partial charge < -0.3 is 5.11 Å². The van der Waals surface area contributed by atoms with Crippen molar-refractivity contribution in [2.45, 2.75) is 77.0 Å². The molecule has 0 spiro atoms. The van der Waals surface area contributed by atoms with E-state index in [1.54, 1.807) is 0 Å². The molecule has 0 bridgehead atoms. The number of hydrogen-bond donors (Lipinski definition) is 1. The fourth-order valence-corrected chi connectivity index (χ4v) is 2.01. The third-order valence-corrected chi connectivity index (χ3v) is 3.18. The molecule has 0 atom stereocenters. The molecule has 0 aliphatic carbocycles. The Morgan fingerprint density at radius 2 is 1.26 bits per heavy atom. The number of unbranched alkanes of at least 4 members (excludes halogenated alkanes) is 9. The summed E-state index contributed by atoms with van der Waals surface area (Å²) >= 11 is 0. The Balaban J connectivity index is 3.07. The van der Waals surface area contributed by atoms with Crippen LogP contribution in [0.25, 0.3) is 0 Å². The molecule has 0 heterocycles. The van der Waals surface area contributed by atoms with Crippen molar-refractivity contribution in [1.82, 2.24) is 0 Å². The highest BCUT2D eigenvalue weighted by molar-refractivity contribution is 5.66. The van der Waals surface area contributed by atoms with E-state index in [0.29, 0.717) is 6.42 Å². The van der Waals surface area contributed by atoms with Crippen molar-refractivity contribution in [3.8, 4) is 0 Å². The first kappa shape index (κ1) is 18.1. The minimum Gasteiger partial charge on any atom is -0.481 e. The van der Waals surface area contributed by atoms with Crippen molar-refractivity contribution in [3.05, 3.63) is 12.2 Å². The van der Waals surface area contributed by atoms with Crippen LogP contribution in [0.15, 0.2) is 12.2 Å². The van der Waals surface area contributed by atoms with E-state index >= 15 is 0 Å². The molecule has 0 aromatic rings. The molecule has 0 aromatic heterocycles. The summed E-state index contributed by atoms with van der Waals surface area (Å²) < 4.78 is 11.8. The zero-order chi connectivity index (χ0) is 14.2. The van der Waals surface area contributed by atoms with Gasteiger partial charge in [-0.05, 0) is 38.5 Å². The number of carboxylic acids is 1. The van der Waals surface area contributed by atoms with Crippen molar-refractivity contribution in [1.29, 1.82) is 0 Å². The van der Waals surface area contributed by atoms with Gasteiger partial charge in [0.05, 0.1) is 6.67 Å². The Hall–Kier alpha value is -0.860. The first-order chi connectivity index (χ1) is 9.27. The van der Waals surface area contributed by atoms with Gasteiger partial charge in [-0.2, -0.15) is 0 Å². The van der Waals surface area contributed by atoms with Crippen LogP contribution in [0, 0.1) is 0 Å². The molecule has 0 aromatic carbocycles. The molecule has 1 N–H and O–H groups in total. The van der Waals surface area contributed by atoms with Crippen molar-refractivity contribution in [2.75, 3.05) is 6.67 Å². The lowest BCUT2D eigenvalue weighted by atomic mass is 10.1. The average Bonchev–Trinajstić information content (AvgIpc) is 2.39. The summed E-state index contributed by atoms with van der Waals surface area (Å²) in [5.41, 5.74) is 0. The van der Waals surface area contributed by atoms with Gasteiger partial charge in [0.1, 0.15) is 0 Å². The Labute approximate surface area is 117 Å². The van der Waals surface area contributed by atoms with Crippen molar-refractivity contribution < 1.29 is 14.3 Å². The molecule has 0 fully saturated rings. The zero-order valence-corrected chi connectivity index (χ0v) is 12.1. The lowest BCUT2D eigenvalue weighted by molar-refractivity contribution is -0.137. The van der Waals surface area contributed by atoms with Crippen LogP contribution in [0.2, 0.25) is 0 Å². The van der Waals surface area contributed by atoms with E-state index in [0.717, 1.165) is 51.4 Å². The van der Waals surface area contributed by atoms with E-state index in [-0.39, 0.29) is 6.67 Å². The summed E-state index contributed by atoms with van der Waals surface area (Å²) in [7, 11) is 0. The molecular weight excluding hydrogens is 243 g/mol. The topological polar surface area (TPSA) is 37.3 Å². The maximum atomic E-state index is 11.8. The van der Waals surface area contributed by atoms with E-state index in [1.807, 2.05) is 0 Å². The van der Waals surface area contributed by atoms with Gasteiger partial charge in [-0.3, -0.25) is 9.18 Å². The van der Waals surface area contributed by atoms with Crippen LogP contribution < -0.4 is 0 Å². The predicted octanol–water partition coefficient (Wildman–Crippen LogP) is 5.28. The maximum Gasteiger partial charge on any atom is 0.303 e. The largest absolute Gasteiger partial charge is 0.481 e. The number of hydrogen-bond acceptors (Lipinski definition) is 1. The quantitative estimate of drug-likeness (QED) is 0.345.